The van der Waals surface area contributed by atoms with Crippen LogP contribution < -0.4 is 5.32 Å². The molecular weight excluding hydrogens is 284 g/mol. The minimum Gasteiger partial charge on any atom is -0.469 e. The molecule has 2 aliphatic rings. The van der Waals surface area contributed by atoms with Gasteiger partial charge >= 0.3 is 6.03 Å². The molecule has 0 spiro atoms. The highest BCUT2D eigenvalue weighted by Crippen LogP contribution is 2.46. The van der Waals surface area contributed by atoms with Gasteiger partial charge in [0.05, 0.1) is 18.8 Å². The first kappa shape index (κ1) is 13.1. The smallest absolute Gasteiger partial charge is 0.325 e. The zero-order chi connectivity index (χ0) is 15.3. The first-order valence-electron chi connectivity index (χ1n) is 7.25. The molecule has 2 fully saturated rings. The number of hydrogen-bond acceptors (Lipinski definition) is 4. The maximum absolute atomic E-state index is 12.7. The Labute approximate surface area is 126 Å². The number of nitrogens with one attached hydrogen (secondary N) is 1. The van der Waals surface area contributed by atoms with E-state index < -0.39 is 5.54 Å². The average molecular weight is 300 g/mol. The van der Waals surface area contributed by atoms with Crippen molar-refractivity contribution in [3.8, 4) is 0 Å². The molecule has 1 aliphatic carbocycles. The number of hydrogen-bond donors (Lipinski definition) is 1. The molecule has 22 heavy (non-hydrogen) atoms. The molecule has 0 radical (unpaired) electrons. The Balaban J connectivity index is 1.53. The van der Waals surface area contributed by atoms with Crippen LogP contribution in [0.15, 0.2) is 41.3 Å². The molecule has 1 aliphatic heterocycles. The first-order valence-corrected chi connectivity index (χ1v) is 7.25. The van der Waals surface area contributed by atoms with E-state index in [2.05, 4.69) is 10.4 Å². The van der Waals surface area contributed by atoms with E-state index in [0.29, 0.717) is 6.54 Å². The molecule has 3 atom stereocenters. The lowest BCUT2D eigenvalue weighted by molar-refractivity contribution is -0.131. The molecule has 114 valence electrons. The Hall–Kier alpha value is -2.57. The lowest BCUT2D eigenvalue weighted by Crippen LogP contribution is -2.48. The summed E-state index contributed by atoms with van der Waals surface area (Å²) in [6.07, 6.45) is 5.79. The van der Waals surface area contributed by atoms with Gasteiger partial charge < -0.3 is 9.73 Å². The zero-order valence-corrected chi connectivity index (χ0v) is 12.1. The minimum atomic E-state index is -0.959. The number of carbonyl (C=O) groups is 2. The fourth-order valence-electron chi connectivity index (χ4n) is 3.11. The highest BCUT2D eigenvalue weighted by atomic mass is 16.3. The molecule has 0 bridgehead atoms. The van der Waals surface area contributed by atoms with Crippen LogP contribution in [-0.4, -0.2) is 38.2 Å². The van der Waals surface area contributed by atoms with E-state index in [1.807, 2.05) is 12.1 Å². The van der Waals surface area contributed by atoms with Gasteiger partial charge in [-0.3, -0.25) is 14.4 Å². The predicted molar refractivity (Wildman–Crippen MR) is 75.9 cm³/mol. The topological polar surface area (TPSA) is 80.4 Å². The molecule has 7 heteroatoms. The molecule has 2 aromatic heterocycles. The summed E-state index contributed by atoms with van der Waals surface area (Å²) in [6.45, 7) is 2.05. The summed E-state index contributed by atoms with van der Waals surface area (Å²) in [5.41, 5.74) is -0.959. The molecule has 1 unspecified atom stereocenters. The van der Waals surface area contributed by atoms with Crippen molar-refractivity contribution < 1.29 is 14.0 Å². The van der Waals surface area contributed by atoms with Crippen LogP contribution in [0.3, 0.4) is 0 Å². The highest BCUT2D eigenvalue weighted by molar-refractivity contribution is 6.07. The molecule has 3 amide bonds. The molecule has 1 N–H and O–H groups in total. The van der Waals surface area contributed by atoms with Gasteiger partial charge in [-0.05, 0) is 31.5 Å². The number of amides is 3. The number of furan rings is 1. The van der Waals surface area contributed by atoms with E-state index in [9.17, 15) is 9.59 Å². The van der Waals surface area contributed by atoms with Gasteiger partial charge in [0.1, 0.15) is 11.3 Å². The van der Waals surface area contributed by atoms with Gasteiger partial charge in [0, 0.05) is 18.3 Å². The molecule has 1 saturated heterocycles. The quantitative estimate of drug-likeness (QED) is 0.864. The Morgan fingerprint density at radius 3 is 3.00 bits per heavy atom. The van der Waals surface area contributed by atoms with Gasteiger partial charge in [0.2, 0.25) is 0 Å². The van der Waals surface area contributed by atoms with Gasteiger partial charge in [0.15, 0.2) is 0 Å². The number of nitrogens with zero attached hydrogens (tertiary/aromatic N) is 3. The van der Waals surface area contributed by atoms with Crippen molar-refractivity contribution in [3.05, 3.63) is 42.6 Å². The zero-order valence-electron chi connectivity index (χ0n) is 12.1. The van der Waals surface area contributed by atoms with Gasteiger partial charge in [-0.25, -0.2) is 4.79 Å². The molecule has 3 heterocycles. The summed E-state index contributed by atoms with van der Waals surface area (Å²) in [5, 5.41) is 6.91. The van der Waals surface area contributed by atoms with E-state index in [0.717, 1.165) is 12.2 Å². The molecular formula is C15H16N4O3. The van der Waals surface area contributed by atoms with Crippen molar-refractivity contribution in [2.45, 2.75) is 37.4 Å². The summed E-state index contributed by atoms with van der Waals surface area (Å²) in [7, 11) is 0. The van der Waals surface area contributed by atoms with Gasteiger partial charge in [0.25, 0.3) is 5.91 Å². The minimum absolute atomic E-state index is 0.108. The Kier molecular flexibility index (Phi) is 2.66. The summed E-state index contributed by atoms with van der Waals surface area (Å²) in [6, 6.07) is 5.04. The summed E-state index contributed by atoms with van der Waals surface area (Å²) in [5.74, 6) is 0.732. The third-order valence-electron chi connectivity index (χ3n) is 4.33. The van der Waals surface area contributed by atoms with E-state index in [1.165, 1.54) is 4.90 Å². The summed E-state index contributed by atoms with van der Waals surface area (Å²) in [4.78, 5) is 26.3. The molecule has 2 aromatic rings. The monoisotopic (exact) mass is 300 g/mol. The van der Waals surface area contributed by atoms with Crippen LogP contribution in [0.5, 0.6) is 0 Å². The average Bonchev–Trinajstić information content (AvgIpc) is 2.87. The van der Waals surface area contributed by atoms with Crippen LogP contribution in [0.4, 0.5) is 4.79 Å². The van der Waals surface area contributed by atoms with E-state index >= 15 is 0 Å². The van der Waals surface area contributed by atoms with Gasteiger partial charge in [-0.1, -0.05) is 0 Å². The van der Waals surface area contributed by atoms with Crippen molar-refractivity contribution in [2.75, 3.05) is 0 Å². The van der Waals surface area contributed by atoms with E-state index in [4.69, 9.17) is 4.42 Å². The van der Waals surface area contributed by atoms with Crippen LogP contribution in [0.25, 0.3) is 0 Å². The van der Waals surface area contributed by atoms with Crippen LogP contribution in [0.2, 0.25) is 0 Å². The molecule has 7 nitrogen and oxygen atoms in total. The van der Waals surface area contributed by atoms with Crippen LogP contribution in [0, 0.1) is 0 Å². The normalized spacial score (nSPS) is 30.7. The summed E-state index contributed by atoms with van der Waals surface area (Å²) >= 11 is 0. The van der Waals surface area contributed by atoms with Crippen molar-refractivity contribution in [2.24, 2.45) is 0 Å². The number of carbonyl (C=O) groups excluding carboxylic acids is 2. The van der Waals surface area contributed by atoms with Crippen molar-refractivity contribution in [3.63, 3.8) is 0 Å². The lowest BCUT2D eigenvalue weighted by Gasteiger charge is -2.21. The Morgan fingerprint density at radius 1 is 1.45 bits per heavy atom. The number of urea groups is 1. The standard InChI is InChI=1S/C15H16N4O3/c1-15(9-18-6-3-5-16-18)13(20)19(14(21)17-15)11-8-10(11)12-4-2-7-22-12/h2-7,10-11H,8-9H2,1H3,(H,17,21)/t10-,11-,15?/m1/s1. The summed E-state index contributed by atoms with van der Waals surface area (Å²) < 4.78 is 7.02. The fourth-order valence-corrected chi connectivity index (χ4v) is 3.11. The van der Waals surface area contributed by atoms with Gasteiger partial charge in [-0.15, -0.1) is 0 Å². The van der Waals surface area contributed by atoms with Crippen LogP contribution >= 0.6 is 0 Å². The Bertz CT molecular complexity index is 709. The predicted octanol–water partition coefficient (Wildman–Crippen LogP) is 1.34. The maximum Gasteiger partial charge on any atom is 0.325 e. The van der Waals surface area contributed by atoms with Crippen LogP contribution in [-0.2, 0) is 11.3 Å². The molecule has 4 rings (SSSR count). The van der Waals surface area contributed by atoms with Gasteiger partial charge in [-0.2, -0.15) is 5.10 Å². The third-order valence-corrected chi connectivity index (χ3v) is 4.33. The lowest BCUT2D eigenvalue weighted by atomic mass is 10.0. The van der Waals surface area contributed by atoms with E-state index in [-0.39, 0.29) is 23.9 Å². The largest absolute Gasteiger partial charge is 0.469 e. The second-order valence-electron chi connectivity index (χ2n) is 6.07. The number of imide groups is 1. The number of rotatable bonds is 4. The van der Waals surface area contributed by atoms with Crippen molar-refractivity contribution in [1.29, 1.82) is 0 Å². The third kappa shape index (κ3) is 1.93. The maximum atomic E-state index is 12.7. The highest BCUT2D eigenvalue weighted by Gasteiger charge is 2.57. The van der Waals surface area contributed by atoms with Crippen LogP contribution in [0.1, 0.15) is 25.0 Å². The first-order chi connectivity index (χ1) is 10.6. The van der Waals surface area contributed by atoms with E-state index in [1.54, 1.807) is 36.3 Å². The van der Waals surface area contributed by atoms with Crippen molar-refractivity contribution >= 4 is 11.9 Å². The second-order valence-corrected chi connectivity index (χ2v) is 6.07. The molecule has 1 saturated carbocycles. The fraction of sp³-hybridized carbons (Fsp3) is 0.400. The Morgan fingerprint density at radius 2 is 2.32 bits per heavy atom. The SMILES string of the molecule is CC1(Cn2cccn2)NC(=O)N([C@@H]2C[C@H]2c2ccco2)C1=O. The second kappa shape index (κ2) is 4.46. The van der Waals surface area contributed by atoms with Crippen molar-refractivity contribution in [1.82, 2.24) is 20.0 Å². The number of aromatic nitrogens is 2. The molecule has 0 aromatic carbocycles.